The summed E-state index contributed by atoms with van der Waals surface area (Å²) in [6, 6.07) is 8.82. The second-order valence-corrected chi connectivity index (χ2v) is 6.02. The Morgan fingerprint density at radius 2 is 1.79 bits per heavy atom. The highest BCUT2D eigenvalue weighted by molar-refractivity contribution is 5.27. The molecule has 0 bridgehead atoms. The van der Waals surface area contributed by atoms with Crippen molar-refractivity contribution in [3.63, 3.8) is 0 Å². The van der Waals surface area contributed by atoms with Gasteiger partial charge in [0, 0.05) is 18.3 Å². The first kappa shape index (κ1) is 13.8. The highest BCUT2D eigenvalue weighted by Gasteiger charge is 2.12. The van der Waals surface area contributed by atoms with E-state index >= 15 is 0 Å². The summed E-state index contributed by atoms with van der Waals surface area (Å²) in [5.41, 5.74) is 4.08. The summed E-state index contributed by atoms with van der Waals surface area (Å²) in [7, 11) is 1.95. The molecule has 0 aliphatic rings. The molecule has 0 amide bonds. The highest BCUT2D eigenvalue weighted by atomic mass is 15.3. The van der Waals surface area contributed by atoms with Gasteiger partial charge >= 0.3 is 0 Å². The van der Waals surface area contributed by atoms with Gasteiger partial charge in [0.25, 0.3) is 0 Å². The molecule has 1 N–H and O–H groups in total. The average Bonchev–Trinajstić information content (AvgIpc) is 2.77. The van der Waals surface area contributed by atoms with E-state index in [2.05, 4.69) is 61.6 Å². The molecule has 0 radical (unpaired) electrons. The van der Waals surface area contributed by atoms with Crippen LogP contribution in [0.25, 0.3) is 0 Å². The Labute approximate surface area is 115 Å². The molecule has 1 heterocycles. The van der Waals surface area contributed by atoms with Crippen LogP contribution in [0.5, 0.6) is 0 Å². The smallest absolute Gasteiger partial charge is 0.0659 e. The second-order valence-electron chi connectivity index (χ2n) is 6.02. The van der Waals surface area contributed by atoms with Crippen LogP contribution in [0.4, 0.5) is 0 Å². The lowest BCUT2D eigenvalue weighted by molar-refractivity contribution is 0.589. The summed E-state index contributed by atoms with van der Waals surface area (Å²) in [6.45, 7) is 8.40. The second kappa shape index (κ2) is 5.57. The van der Waals surface area contributed by atoms with Gasteiger partial charge in [0.1, 0.15) is 0 Å². The fourth-order valence-electron chi connectivity index (χ4n) is 2.09. The molecule has 3 heteroatoms. The molecule has 1 aromatic heterocycles. The zero-order chi connectivity index (χ0) is 13.9. The lowest BCUT2D eigenvalue weighted by atomic mass is 9.87. The molecule has 1 aromatic carbocycles. The van der Waals surface area contributed by atoms with Crippen molar-refractivity contribution in [1.29, 1.82) is 0 Å². The standard InChI is InChI=1S/C16H23N3/c1-16(2,3)15-7-5-13(6-8-15)11-19-12-14(9-17-4)10-18-19/h5-8,10,12,17H,9,11H2,1-4H3. The van der Waals surface area contributed by atoms with Gasteiger partial charge in [0.2, 0.25) is 0 Å². The molecular weight excluding hydrogens is 234 g/mol. The molecule has 3 nitrogen and oxygen atoms in total. The summed E-state index contributed by atoms with van der Waals surface area (Å²) in [6.07, 6.45) is 4.01. The van der Waals surface area contributed by atoms with Crippen LogP contribution in [-0.4, -0.2) is 16.8 Å². The largest absolute Gasteiger partial charge is 0.316 e. The topological polar surface area (TPSA) is 29.9 Å². The molecule has 0 atom stereocenters. The molecule has 19 heavy (non-hydrogen) atoms. The van der Waals surface area contributed by atoms with Crippen molar-refractivity contribution in [3.05, 3.63) is 53.3 Å². The van der Waals surface area contributed by atoms with Crippen molar-refractivity contribution in [3.8, 4) is 0 Å². The van der Waals surface area contributed by atoms with E-state index in [1.165, 1.54) is 16.7 Å². The Kier molecular flexibility index (Phi) is 4.05. The van der Waals surface area contributed by atoms with Gasteiger partial charge in [-0.15, -0.1) is 0 Å². The molecule has 0 saturated heterocycles. The van der Waals surface area contributed by atoms with Crippen LogP contribution >= 0.6 is 0 Å². The van der Waals surface area contributed by atoms with Crippen LogP contribution < -0.4 is 5.32 Å². The summed E-state index contributed by atoms with van der Waals surface area (Å²) in [4.78, 5) is 0. The number of hydrogen-bond donors (Lipinski definition) is 1. The Bertz CT molecular complexity index is 518. The van der Waals surface area contributed by atoms with Crippen LogP contribution in [-0.2, 0) is 18.5 Å². The van der Waals surface area contributed by atoms with E-state index in [9.17, 15) is 0 Å². The summed E-state index contributed by atoms with van der Waals surface area (Å²) in [5.74, 6) is 0. The fraction of sp³-hybridized carbons (Fsp3) is 0.438. The van der Waals surface area contributed by atoms with E-state index in [4.69, 9.17) is 0 Å². The van der Waals surface area contributed by atoms with Gasteiger partial charge in [-0.3, -0.25) is 4.68 Å². The lowest BCUT2D eigenvalue weighted by Gasteiger charge is -2.19. The van der Waals surface area contributed by atoms with Crippen molar-refractivity contribution < 1.29 is 0 Å². The Balaban J connectivity index is 2.06. The van der Waals surface area contributed by atoms with Crippen molar-refractivity contribution in [2.45, 2.75) is 39.3 Å². The predicted octanol–water partition coefficient (Wildman–Crippen LogP) is 2.95. The number of rotatable bonds is 4. The summed E-state index contributed by atoms with van der Waals surface area (Å²) >= 11 is 0. The summed E-state index contributed by atoms with van der Waals surface area (Å²) in [5, 5.41) is 7.51. The van der Waals surface area contributed by atoms with E-state index in [1.807, 2.05) is 17.9 Å². The van der Waals surface area contributed by atoms with Gasteiger partial charge in [-0.05, 0) is 23.6 Å². The van der Waals surface area contributed by atoms with Gasteiger partial charge in [-0.1, -0.05) is 45.0 Å². The van der Waals surface area contributed by atoms with E-state index in [0.717, 1.165) is 13.1 Å². The van der Waals surface area contributed by atoms with E-state index < -0.39 is 0 Å². The normalized spacial score (nSPS) is 11.8. The van der Waals surface area contributed by atoms with Gasteiger partial charge < -0.3 is 5.32 Å². The molecule has 0 aliphatic carbocycles. The maximum absolute atomic E-state index is 4.38. The van der Waals surface area contributed by atoms with Crippen LogP contribution in [0.15, 0.2) is 36.7 Å². The first-order chi connectivity index (χ1) is 8.99. The molecule has 2 aromatic rings. The number of hydrogen-bond acceptors (Lipinski definition) is 2. The Morgan fingerprint density at radius 3 is 2.37 bits per heavy atom. The van der Waals surface area contributed by atoms with Gasteiger partial charge in [0.15, 0.2) is 0 Å². The van der Waals surface area contributed by atoms with Crippen molar-refractivity contribution >= 4 is 0 Å². The molecule has 0 aliphatic heterocycles. The fourth-order valence-corrected chi connectivity index (χ4v) is 2.09. The summed E-state index contributed by atoms with van der Waals surface area (Å²) < 4.78 is 1.98. The van der Waals surface area contributed by atoms with E-state index in [0.29, 0.717) is 0 Å². The molecule has 0 fully saturated rings. The van der Waals surface area contributed by atoms with Crippen molar-refractivity contribution in [1.82, 2.24) is 15.1 Å². The minimum atomic E-state index is 0.212. The van der Waals surface area contributed by atoms with Crippen LogP contribution in [0.1, 0.15) is 37.5 Å². The van der Waals surface area contributed by atoms with E-state index in [1.54, 1.807) is 0 Å². The molecule has 0 unspecified atom stereocenters. The maximum Gasteiger partial charge on any atom is 0.0659 e. The quantitative estimate of drug-likeness (QED) is 0.912. The van der Waals surface area contributed by atoms with Crippen LogP contribution in [0.2, 0.25) is 0 Å². The van der Waals surface area contributed by atoms with Crippen molar-refractivity contribution in [2.75, 3.05) is 7.05 Å². The molecule has 0 spiro atoms. The first-order valence-electron chi connectivity index (χ1n) is 6.74. The number of nitrogens with zero attached hydrogens (tertiary/aromatic N) is 2. The van der Waals surface area contributed by atoms with Gasteiger partial charge in [0.05, 0.1) is 12.7 Å². The minimum absolute atomic E-state index is 0.212. The lowest BCUT2D eigenvalue weighted by Crippen LogP contribution is -2.11. The minimum Gasteiger partial charge on any atom is -0.316 e. The predicted molar refractivity (Wildman–Crippen MR) is 79.2 cm³/mol. The third kappa shape index (κ3) is 3.67. The Morgan fingerprint density at radius 1 is 1.11 bits per heavy atom. The SMILES string of the molecule is CNCc1cnn(Cc2ccc(C(C)(C)C)cc2)c1. The Hall–Kier alpha value is -1.61. The number of aromatic nitrogens is 2. The maximum atomic E-state index is 4.38. The molecule has 2 rings (SSSR count). The highest BCUT2D eigenvalue weighted by Crippen LogP contribution is 2.22. The first-order valence-corrected chi connectivity index (χ1v) is 6.74. The molecule has 0 saturated carbocycles. The average molecular weight is 257 g/mol. The molecular formula is C16H23N3. The monoisotopic (exact) mass is 257 g/mol. The number of nitrogens with one attached hydrogen (secondary N) is 1. The zero-order valence-electron chi connectivity index (χ0n) is 12.3. The third-order valence-corrected chi connectivity index (χ3v) is 3.23. The molecule has 102 valence electrons. The van der Waals surface area contributed by atoms with Crippen LogP contribution in [0, 0.1) is 0 Å². The van der Waals surface area contributed by atoms with Gasteiger partial charge in [-0.25, -0.2) is 0 Å². The van der Waals surface area contributed by atoms with Crippen molar-refractivity contribution in [2.24, 2.45) is 0 Å². The zero-order valence-corrected chi connectivity index (χ0v) is 12.3. The van der Waals surface area contributed by atoms with Crippen LogP contribution in [0.3, 0.4) is 0 Å². The van der Waals surface area contributed by atoms with E-state index in [-0.39, 0.29) is 5.41 Å². The third-order valence-electron chi connectivity index (χ3n) is 3.23. The van der Waals surface area contributed by atoms with Gasteiger partial charge in [-0.2, -0.15) is 5.10 Å². The number of benzene rings is 1.